The van der Waals surface area contributed by atoms with Gasteiger partial charge in [-0.2, -0.15) is 4.99 Å². The van der Waals surface area contributed by atoms with E-state index in [1.807, 2.05) is 29.2 Å². The third-order valence-electron chi connectivity index (χ3n) is 5.12. The number of hydrogen-bond donors (Lipinski definition) is 0. The molecule has 0 bridgehead atoms. The molecule has 3 atom stereocenters. The second kappa shape index (κ2) is 7.44. The maximum absolute atomic E-state index is 12.5. The van der Waals surface area contributed by atoms with Crippen LogP contribution in [0.2, 0.25) is 0 Å². The summed E-state index contributed by atoms with van der Waals surface area (Å²) < 4.78 is 35.1. The first-order valence-corrected chi connectivity index (χ1v) is 11.7. The van der Waals surface area contributed by atoms with Gasteiger partial charge in [-0.3, -0.25) is 4.79 Å². The highest BCUT2D eigenvalue weighted by Gasteiger charge is 2.49. The van der Waals surface area contributed by atoms with Crippen LogP contribution in [0.1, 0.15) is 18.4 Å². The molecule has 1 aromatic rings. The summed E-state index contributed by atoms with van der Waals surface area (Å²) in [6, 6.07) is 7.44. The lowest BCUT2D eigenvalue weighted by Gasteiger charge is -2.25. The van der Waals surface area contributed by atoms with Crippen LogP contribution >= 0.6 is 11.8 Å². The van der Waals surface area contributed by atoms with Crippen molar-refractivity contribution in [2.45, 2.75) is 36.8 Å². The molecule has 0 aromatic heterocycles. The van der Waals surface area contributed by atoms with Crippen molar-refractivity contribution in [1.82, 2.24) is 4.90 Å². The molecular weight excluding hydrogens is 388 g/mol. The third kappa shape index (κ3) is 3.86. The molecule has 4 rings (SSSR count). The van der Waals surface area contributed by atoms with E-state index in [0.717, 1.165) is 17.7 Å². The zero-order chi connectivity index (χ0) is 19.0. The number of thioether (sulfide) groups is 1. The maximum Gasteiger partial charge on any atom is 0.277 e. The minimum absolute atomic E-state index is 0.0902. The molecule has 3 unspecified atom stereocenters. The number of nitrogens with zero attached hydrogens (tertiary/aromatic N) is 2. The quantitative estimate of drug-likeness (QED) is 0.743. The Morgan fingerprint density at radius 3 is 2.93 bits per heavy atom. The molecule has 146 valence electrons. The number of amidine groups is 1. The number of para-hydroxylation sites is 1. The standard InChI is InChI=1S/C18H22N2O5S2/c1-24-14-6-3-2-5-12(14)9-20-13-10-27(22,23)11-16(13)26-18(20)19-17(21)15-7-4-8-25-15/h2-3,5-6,13,15-16H,4,7-11H2,1H3. The Bertz CT molecular complexity index is 864. The van der Waals surface area contributed by atoms with Crippen LogP contribution in [0.4, 0.5) is 0 Å². The predicted molar refractivity (Wildman–Crippen MR) is 104 cm³/mol. The molecule has 1 aromatic carbocycles. The second-order valence-electron chi connectivity index (χ2n) is 6.97. The number of benzene rings is 1. The lowest BCUT2D eigenvalue weighted by molar-refractivity contribution is -0.126. The van der Waals surface area contributed by atoms with Gasteiger partial charge in [0, 0.05) is 24.0 Å². The van der Waals surface area contributed by atoms with E-state index < -0.39 is 15.9 Å². The number of carbonyl (C=O) groups excluding carboxylic acids is 1. The van der Waals surface area contributed by atoms with Gasteiger partial charge >= 0.3 is 0 Å². The normalized spacial score (nSPS) is 30.6. The number of aliphatic imine (C=N–C) groups is 1. The summed E-state index contributed by atoms with van der Waals surface area (Å²) in [7, 11) is -1.46. The van der Waals surface area contributed by atoms with E-state index in [-0.39, 0.29) is 28.7 Å². The fraction of sp³-hybridized carbons (Fsp3) is 0.556. The van der Waals surface area contributed by atoms with Crippen LogP contribution < -0.4 is 4.74 Å². The molecule has 27 heavy (non-hydrogen) atoms. The maximum atomic E-state index is 12.5. The van der Waals surface area contributed by atoms with Crippen LogP contribution in [0.15, 0.2) is 29.3 Å². The van der Waals surface area contributed by atoms with Crippen molar-refractivity contribution >= 4 is 32.7 Å². The predicted octanol–water partition coefficient (Wildman–Crippen LogP) is 1.47. The van der Waals surface area contributed by atoms with Gasteiger partial charge in [0.15, 0.2) is 15.0 Å². The Morgan fingerprint density at radius 2 is 2.19 bits per heavy atom. The molecule has 0 N–H and O–H groups in total. The molecular formula is C18H22N2O5S2. The van der Waals surface area contributed by atoms with E-state index in [2.05, 4.69) is 4.99 Å². The molecule has 0 radical (unpaired) electrons. The number of ether oxygens (including phenoxy) is 2. The molecule has 3 fully saturated rings. The van der Waals surface area contributed by atoms with Crippen LogP contribution in [0, 0.1) is 0 Å². The minimum Gasteiger partial charge on any atom is -0.496 e. The fourth-order valence-electron chi connectivity index (χ4n) is 3.78. The van der Waals surface area contributed by atoms with Gasteiger partial charge in [-0.25, -0.2) is 8.42 Å². The van der Waals surface area contributed by atoms with E-state index in [1.165, 1.54) is 11.8 Å². The summed E-state index contributed by atoms with van der Waals surface area (Å²) >= 11 is 1.39. The molecule has 3 aliphatic rings. The summed E-state index contributed by atoms with van der Waals surface area (Å²) in [4.78, 5) is 18.8. The highest BCUT2D eigenvalue weighted by Crippen LogP contribution is 2.40. The van der Waals surface area contributed by atoms with Crippen molar-refractivity contribution in [1.29, 1.82) is 0 Å². The van der Waals surface area contributed by atoms with Crippen molar-refractivity contribution < 1.29 is 22.7 Å². The number of sulfone groups is 1. The SMILES string of the molecule is COc1ccccc1CN1C(=NC(=O)C2CCCO2)SC2CS(=O)(=O)CC21. The number of carbonyl (C=O) groups is 1. The van der Waals surface area contributed by atoms with Crippen LogP contribution in [0.5, 0.6) is 5.75 Å². The van der Waals surface area contributed by atoms with Gasteiger partial charge in [-0.15, -0.1) is 0 Å². The van der Waals surface area contributed by atoms with E-state index >= 15 is 0 Å². The largest absolute Gasteiger partial charge is 0.496 e. The molecule has 0 saturated carbocycles. The number of methoxy groups -OCH3 is 1. The van der Waals surface area contributed by atoms with Crippen molar-refractivity contribution in [3.63, 3.8) is 0 Å². The lowest BCUT2D eigenvalue weighted by Crippen LogP contribution is -2.37. The van der Waals surface area contributed by atoms with Crippen molar-refractivity contribution in [2.75, 3.05) is 25.2 Å². The van der Waals surface area contributed by atoms with Gasteiger partial charge in [0.1, 0.15) is 11.9 Å². The average molecular weight is 411 g/mol. The molecule has 7 nitrogen and oxygen atoms in total. The van der Waals surface area contributed by atoms with Gasteiger partial charge in [-0.1, -0.05) is 30.0 Å². The van der Waals surface area contributed by atoms with E-state index in [0.29, 0.717) is 24.7 Å². The number of amides is 1. The number of hydrogen-bond acceptors (Lipinski definition) is 6. The molecule has 3 heterocycles. The fourth-order valence-corrected chi connectivity index (χ4v) is 7.73. The molecule has 1 amide bonds. The Balaban J connectivity index is 1.63. The first kappa shape index (κ1) is 18.8. The summed E-state index contributed by atoms with van der Waals surface area (Å²) in [5.74, 6) is 0.671. The Hall–Kier alpha value is -1.58. The summed E-state index contributed by atoms with van der Waals surface area (Å²) in [6.45, 7) is 1.04. The van der Waals surface area contributed by atoms with Crippen molar-refractivity contribution in [3.8, 4) is 5.75 Å². The highest BCUT2D eigenvalue weighted by molar-refractivity contribution is 8.15. The molecule has 9 heteroatoms. The van der Waals surface area contributed by atoms with E-state index in [9.17, 15) is 13.2 Å². The minimum atomic E-state index is -3.07. The topological polar surface area (TPSA) is 85.3 Å². The van der Waals surface area contributed by atoms with E-state index in [1.54, 1.807) is 7.11 Å². The molecule has 0 spiro atoms. The third-order valence-corrected chi connectivity index (χ3v) is 8.37. The molecule has 3 aliphatic heterocycles. The second-order valence-corrected chi connectivity index (χ2v) is 10.3. The van der Waals surface area contributed by atoms with Crippen molar-refractivity contribution in [2.24, 2.45) is 4.99 Å². The molecule has 0 aliphatic carbocycles. The lowest BCUT2D eigenvalue weighted by atomic mass is 10.1. The van der Waals surface area contributed by atoms with Gasteiger partial charge in [0.25, 0.3) is 5.91 Å². The van der Waals surface area contributed by atoms with Crippen molar-refractivity contribution in [3.05, 3.63) is 29.8 Å². The first-order chi connectivity index (χ1) is 13.0. The zero-order valence-corrected chi connectivity index (χ0v) is 16.7. The molecule has 3 saturated heterocycles. The van der Waals surface area contributed by atoms with E-state index in [4.69, 9.17) is 9.47 Å². The summed E-state index contributed by atoms with van der Waals surface area (Å²) in [5.41, 5.74) is 0.933. The zero-order valence-electron chi connectivity index (χ0n) is 15.0. The van der Waals surface area contributed by atoms with Gasteiger partial charge < -0.3 is 14.4 Å². The first-order valence-electron chi connectivity index (χ1n) is 8.96. The Labute approximate surface area is 163 Å². The number of rotatable bonds is 4. The van der Waals surface area contributed by atoms with Gasteiger partial charge in [-0.05, 0) is 18.9 Å². The van der Waals surface area contributed by atoms with Crippen LogP contribution in [0.25, 0.3) is 0 Å². The van der Waals surface area contributed by atoms with Crippen LogP contribution in [-0.4, -0.2) is 67.0 Å². The van der Waals surface area contributed by atoms with Crippen LogP contribution in [-0.2, 0) is 25.9 Å². The van der Waals surface area contributed by atoms with Gasteiger partial charge in [0.2, 0.25) is 0 Å². The Morgan fingerprint density at radius 1 is 1.37 bits per heavy atom. The van der Waals surface area contributed by atoms with Crippen LogP contribution in [0.3, 0.4) is 0 Å². The summed E-state index contributed by atoms with van der Waals surface area (Å²) in [5, 5.41) is 0.493. The van der Waals surface area contributed by atoms with Gasteiger partial charge in [0.05, 0.1) is 24.7 Å². The summed E-state index contributed by atoms with van der Waals surface area (Å²) in [6.07, 6.45) is 1.08. The number of fused-ring (bicyclic) bond motifs is 1. The monoisotopic (exact) mass is 410 g/mol. The average Bonchev–Trinajstić information content (AvgIpc) is 3.33. The smallest absolute Gasteiger partial charge is 0.277 e. The Kier molecular flexibility index (Phi) is 5.17. The highest BCUT2D eigenvalue weighted by atomic mass is 32.2.